The number of hydrogen-bond acceptors (Lipinski definition) is 4. The van der Waals surface area contributed by atoms with E-state index in [1.807, 2.05) is 12.1 Å². The summed E-state index contributed by atoms with van der Waals surface area (Å²) in [5, 5.41) is 4.79. The number of hydrazine groups is 1. The summed E-state index contributed by atoms with van der Waals surface area (Å²) >= 11 is 0. The van der Waals surface area contributed by atoms with Crippen molar-refractivity contribution in [1.29, 1.82) is 0 Å². The molecule has 0 unspecified atom stereocenters. The van der Waals surface area contributed by atoms with Gasteiger partial charge >= 0.3 is 0 Å². The number of aromatic nitrogens is 1. The minimum absolute atomic E-state index is 0.461. The first-order valence-corrected chi connectivity index (χ1v) is 7.83. The number of nitrogens with zero attached hydrogens (tertiary/aromatic N) is 3. The lowest BCUT2D eigenvalue weighted by Gasteiger charge is -2.28. The lowest BCUT2D eigenvalue weighted by molar-refractivity contribution is -0.109. The molecule has 0 radical (unpaired) electrons. The molecule has 0 aliphatic carbocycles. The minimum atomic E-state index is 0.461. The summed E-state index contributed by atoms with van der Waals surface area (Å²) < 4.78 is 0. The lowest BCUT2D eigenvalue weighted by atomic mass is 10.1. The quantitative estimate of drug-likeness (QED) is 0.857. The molecule has 1 aromatic carbocycles. The second kappa shape index (κ2) is 6.42. The van der Waals surface area contributed by atoms with Crippen LogP contribution in [0.5, 0.6) is 0 Å². The molecule has 1 atom stereocenters. The molecule has 1 aromatic heterocycles. The number of nitrogens with two attached hydrogens (primary N) is 1. The maximum atomic E-state index is 11.6. The van der Waals surface area contributed by atoms with E-state index < -0.39 is 0 Å². The number of rotatable bonds is 5. The highest BCUT2D eigenvalue weighted by Crippen LogP contribution is 2.25. The third-order valence-electron chi connectivity index (χ3n) is 4.41. The number of aryl methyl sites for hydroxylation is 1. The van der Waals surface area contributed by atoms with Crippen molar-refractivity contribution < 1.29 is 4.79 Å². The van der Waals surface area contributed by atoms with E-state index >= 15 is 0 Å². The van der Waals surface area contributed by atoms with E-state index in [1.165, 1.54) is 5.56 Å². The predicted molar refractivity (Wildman–Crippen MR) is 88.4 cm³/mol. The van der Waals surface area contributed by atoms with E-state index in [2.05, 4.69) is 29.0 Å². The smallest absolute Gasteiger partial charge is 0.228 e. The number of carbonyl (C=O) groups is 1. The zero-order valence-corrected chi connectivity index (χ0v) is 12.9. The molecule has 0 spiro atoms. The summed E-state index contributed by atoms with van der Waals surface area (Å²) in [5.41, 5.74) is 8.77. The highest BCUT2D eigenvalue weighted by Gasteiger charge is 2.26. The monoisotopic (exact) mass is 298 g/mol. The van der Waals surface area contributed by atoms with Crippen LogP contribution in [0.2, 0.25) is 0 Å². The predicted octanol–water partition coefficient (Wildman–Crippen LogP) is 1.96. The van der Waals surface area contributed by atoms with E-state index in [4.69, 9.17) is 5.73 Å². The van der Waals surface area contributed by atoms with Crippen molar-refractivity contribution in [2.75, 3.05) is 24.6 Å². The van der Waals surface area contributed by atoms with Crippen molar-refractivity contribution in [3.05, 3.63) is 36.0 Å². The molecule has 3 rings (SSSR count). The number of fused-ring (bicyclic) bond motifs is 1. The highest BCUT2D eigenvalue weighted by molar-refractivity contribution is 5.85. The van der Waals surface area contributed by atoms with Gasteiger partial charge in [0.15, 0.2) is 0 Å². The fourth-order valence-electron chi connectivity index (χ4n) is 3.01. The first-order valence-electron chi connectivity index (χ1n) is 7.83. The van der Waals surface area contributed by atoms with Crippen LogP contribution in [0.3, 0.4) is 0 Å². The van der Waals surface area contributed by atoms with Crippen LogP contribution in [0.4, 0.5) is 5.69 Å². The van der Waals surface area contributed by atoms with Crippen molar-refractivity contribution >= 4 is 23.0 Å². The fraction of sp³-hybridized carbons (Fsp3) is 0.412. The van der Waals surface area contributed by atoms with Crippen molar-refractivity contribution in [1.82, 2.24) is 9.99 Å². The van der Waals surface area contributed by atoms with Gasteiger partial charge < -0.3 is 5.73 Å². The molecule has 22 heavy (non-hydrogen) atoms. The van der Waals surface area contributed by atoms with E-state index in [-0.39, 0.29) is 0 Å². The van der Waals surface area contributed by atoms with Gasteiger partial charge in [-0.15, -0.1) is 0 Å². The topological polar surface area (TPSA) is 62.5 Å². The zero-order chi connectivity index (χ0) is 15.5. The second-order valence-corrected chi connectivity index (χ2v) is 5.83. The molecule has 1 amide bonds. The molecule has 1 fully saturated rings. The van der Waals surface area contributed by atoms with Crippen LogP contribution < -0.4 is 10.7 Å². The van der Waals surface area contributed by atoms with Crippen molar-refractivity contribution in [2.45, 2.75) is 19.8 Å². The fourth-order valence-corrected chi connectivity index (χ4v) is 3.01. The minimum Gasteiger partial charge on any atom is -0.330 e. The van der Waals surface area contributed by atoms with Gasteiger partial charge in [0, 0.05) is 18.5 Å². The Morgan fingerprint density at radius 3 is 3.00 bits per heavy atom. The summed E-state index contributed by atoms with van der Waals surface area (Å²) in [7, 11) is 0. The molecule has 2 heterocycles. The molecule has 0 bridgehead atoms. The molecule has 1 saturated heterocycles. The molecular weight excluding hydrogens is 276 g/mol. The Balaban J connectivity index is 1.91. The highest BCUT2D eigenvalue weighted by atomic mass is 16.1. The van der Waals surface area contributed by atoms with Crippen molar-refractivity contribution in [3.63, 3.8) is 0 Å². The van der Waals surface area contributed by atoms with Gasteiger partial charge in [-0.05, 0) is 49.1 Å². The van der Waals surface area contributed by atoms with Gasteiger partial charge in [0.05, 0.1) is 17.4 Å². The molecule has 116 valence electrons. The van der Waals surface area contributed by atoms with Gasteiger partial charge in [0.1, 0.15) is 0 Å². The van der Waals surface area contributed by atoms with Crippen LogP contribution in [0, 0.1) is 5.92 Å². The van der Waals surface area contributed by atoms with Gasteiger partial charge in [-0.3, -0.25) is 9.78 Å². The first kappa shape index (κ1) is 14.9. The Morgan fingerprint density at radius 2 is 2.32 bits per heavy atom. The second-order valence-electron chi connectivity index (χ2n) is 5.83. The Labute approximate surface area is 130 Å². The number of benzene rings is 1. The molecule has 2 N–H and O–H groups in total. The van der Waals surface area contributed by atoms with Gasteiger partial charge in [0.2, 0.25) is 6.41 Å². The van der Waals surface area contributed by atoms with E-state index in [0.717, 1.165) is 48.9 Å². The van der Waals surface area contributed by atoms with Gasteiger partial charge in [0.25, 0.3) is 0 Å². The van der Waals surface area contributed by atoms with Crippen LogP contribution in [0.25, 0.3) is 10.9 Å². The van der Waals surface area contributed by atoms with Crippen molar-refractivity contribution in [2.24, 2.45) is 11.7 Å². The molecule has 5 heteroatoms. The third-order valence-corrected chi connectivity index (χ3v) is 4.41. The van der Waals surface area contributed by atoms with Crippen LogP contribution in [0.1, 0.15) is 18.9 Å². The van der Waals surface area contributed by atoms with E-state index in [9.17, 15) is 4.79 Å². The van der Waals surface area contributed by atoms with Crippen LogP contribution in [0.15, 0.2) is 30.5 Å². The molecule has 2 aromatic rings. The van der Waals surface area contributed by atoms with Gasteiger partial charge in [-0.25, -0.2) is 10.0 Å². The number of hydrogen-bond donors (Lipinski definition) is 1. The standard InChI is InChI=1S/C17H22N4O/c1-2-13-3-4-17-15(7-13)8-16(10-19-17)21(12-22)20-6-5-14(9-18)11-20/h3-4,7-8,10,12,14H,2,5-6,9,11,18H2,1H3/t14-/m1/s1. The Kier molecular flexibility index (Phi) is 4.36. The van der Waals surface area contributed by atoms with Gasteiger partial charge in [-0.2, -0.15) is 0 Å². The summed E-state index contributed by atoms with van der Waals surface area (Å²) in [5.74, 6) is 0.461. The van der Waals surface area contributed by atoms with E-state index in [0.29, 0.717) is 12.5 Å². The Bertz CT molecular complexity index is 673. The van der Waals surface area contributed by atoms with Crippen LogP contribution >= 0.6 is 0 Å². The van der Waals surface area contributed by atoms with Crippen LogP contribution in [-0.4, -0.2) is 36.0 Å². The molecule has 0 saturated carbocycles. The summed E-state index contributed by atoms with van der Waals surface area (Å²) in [6.07, 6.45) is 4.65. The number of carbonyl (C=O) groups excluding carboxylic acids is 1. The lowest BCUT2D eigenvalue weighted by Crippen LogP contribution is -2.40. The van der Waals surface area contributed by atoms with E-state index in [1.54, 1.807) is 11.2 Å². The molecular formula is C17H22N4O. The SMILES string of the molecule is CCc1ccc2ncc(N(C=O)N3CC[C@H](CN)C3)cc2c1. The van der Waals surface area contributed by atoms with Crippen molar-refractivity contribution in [3.8, 4) is 0 Å². The summed E-state index contributed by atoms with van der Waals surface area (Å²) in [4.78, 5) is 16.1. The maximum Gasteiger partial charge on any atom is 0.228 e. The summed E-state index contributed by atoms with van der Waals surface area (Å²) in [6.45, 7) is 4.47. The largest absolute Gasteiger partial charge is 0.330 e. The third kappa shape index (κ3) is 2.82. The Hall–Kier alpha value is -1.98. The summed E-state index contributed by atoms with van der Waals surface area (Å²) in [6, 6.07) is 8.30. The Morgan fingerprint density at radius 1 is 1.45 bits per heavy atom. The average molecular weight is 298 g/mol. The number of pyridine rings is 1. The average Bonchev–Trinajstić information content (AvgIpc) is 3.03. The zero-order valence-electron chi connectivity index (χ0n) is 12.9. The molecule has 5 nitrogen and oxygen atoms in total. The van der Waals surface area contributed by atoms with Gasteiger partial charge in [-0.1, -0.05) is 13.0 Å². The number of amides is 1. The van der Waals surface area contributed by atoms with Crippen LogP contribution in [-0.2, 0) is 11.2 Å². The normalized spacial score (nSPS) is 18.7. The maximum absolute atomic E-state index is 11.6. The molecule has 1 aliphatic rings. The molecule has 1 aliphatic heterocycles. The number of anilines is 1. The first-order chi connectivity index (χ1) is 10.7.